The van der Waals surface area contributed by atoms with E-state index >= 15 is 0 Å². The molecule has 0 saturated carbocycles. The lowest BCUT2D eigenvalue weighted by Crippen LogP contribution is -2.51. The summed E-state index contributed by atoms with van der Waals surface area (Å²) in [5.41, 5.74) is 0.0947. The molecule has 0 radical (unpaired) electrons. The number of halogens is 2. The number of carbonyl (C=O) groups is 1. The first-order valence-electron chi connectivity index (χ1n) is 8.14. The van der Waals surface area contributed by atoms with Crippen LogP contribution in [0.5, 0.6) is 0 Å². The van der Waals surface area contributed by atoms with Gasteiger partial charge in [-0.15, -0.1) is 35.3 Å². The molecule has 5 nitrogen and oxygen atoms in total. The lowest BCUT2D eigenvalue weighted by Gasteiger charge is -2.40. The maximum atomic E-state index is 11.7. The van der Waals surface area contributed by atoms with E-state index in [1.807, 2.05) is 0 Å². The Hall–Kier alpha value is -0.350. The number of carbonyl (C=O) groups excluding carboxylic acids is 1. The summed E-state index contributed by atoms with van der Waals surface area (Å²) in [4.78, 5) is 20.0. The van der Waals surface area contributed by atoms with Gasteiger partial charge in [-0.05, 0) is 47.8 Å². The molecule has 3 heterocycles. The molecule has 2 fully saturated rings. The van der Waals surface area contributed by atoms with Crippen molar-refractivity contribution in [3.05, 3.63) is 20.8 Å². The maximum absolute atomic E-state index is 11.7. The molecule has 0 aliphatic carbocycles. The fourth-order valence-electron chi connectivity index (χ4n) is 3.44. The third kappa shape index (κ3) is 4.85. The van der Waals surface area contributed by atoms with Crippen molar-refractivity contribution in [3.63, 3.8) is 0 Å². The van der Waals surface area contributed by atoms with Gasteiger partial charge in [-0.1, -0.05) is 0 Å². The maximum Gasteiger partial charge on any atom is 0.220 e. The SMILES string of the molecule is CCNC(=NCc1ccc(Br)s1)N1CCCC2(CNC(=O)C2)C1.I. The van der Waals surface area contributed by atoms with Crippen molar-refractivity contribution >= 4 is 63.1 Å². The van der Waals surface area contributed by atoms with E-state index in [0.717, 1.165) is 48.8 Å². The predicted molar refractivity (Wildman–Crippen MR) is 113 cm³/mol. The second kappa shape index (κ2) is 8.84. The first-order valence-corrected chi connectivity index (χ1v) is 9.75. The Morgan fingerprint density at radius 3 is 3.00 bits per heavy atom. The minimum atomic E-state index is 0. The van der Waals surface area contributed by atoms with Gasteiger partial charge >= 0.3 is 0 Å². The van der Waals surface area contributed by atoms with Crippen molar-refractivity contribution < 1.29 is 4.79 Å². The van der Waals surface area contributed by atoms with Gasteiger partial charge in [-0.25, -0.2) is 4.99 Å². The van der Waals surface area contributed by atoms with Crippen LogP contribution in [0.4, 0.5) is 0 Å². The number of likely N-dealkylation sites (tertiary alicyclic amines) is 1. The van der Waals surface area contributed by atoms with Gasteiger partial charge in [0.25, 0.3) is 0 Å². The summed E-state index contributed by atoms with van der Waals surface area (Å²) in [7, 11) is 0. The third-order valence-corrected chi connectivity index (χ3v) is 6.11. The number of nitrogens with zero attached hydrogens (tertiary/aromatic N) is 2. The van der Waals surface area contributed by atoms with E-state index in [1.54, 1.807) is 11.3 Å². The number of rotatable bonds is 3. The molecule has 1 amide bonds. The first kappa shape index (κ1) is 20.0. The predicted octanol–water partition coefficient (Wildman–Crippen LogP) is 3.20. The monoisotopic (exact) mass is 526 g/mol. The van der Waals surface area contributed by atoms with Crippen molar-refractivity contribution in [1.29, 1.82) is 0 Å². The number of guanidine groups is 1. The highest BCUT2D eigenvalue weighted by molar-refractivity contribution is 14.0. The van der Waals surface area contributed by atoms with Crippen molar-refractivity contribution in [1.82, 2.24) is 15.5 Å². The molecule has 0 aromatic carbocycles. The van der Waals surface area contributed by atoms with Gasteiger partial charge in [0.05, 0.1) is 10.3 Å². The van der Waals surface area contributed by atoms with Gasteiger partial charge in [-0.3, -0.25) is 4.79 Å². The Balaban J connectivity index is 0.00000208. The number of hydrogen-bond donors (Lipinski definition) is 2. The summed E-state index contributed by atoms with van der Waals surface area (Å²) in [6.07, 6.45) is 2.89. The highest BCUT2D eigenvalue weighted by atomic mass is 127. The Kier molecular flexibility index (Phi) is 7.36. The van der Waals surface area contributed by atoms with Crippen LogP contribution in [0.1, 0.15) is 31.1 Å². The largest absolute Gasteiger partial charge is 0.357 e. The summed E-state index contributed by atoms with van der Waals surface area (Å²) in [6.45, 7) is 6.37. The molecular weight excluding hydrogens is 503 g/mol. The van der Waals surface area contributed by atoms with Gasteiger partial charge in [0.2, 0.25) is 5.91 Å². The van der Waals surface area contributed by atoms with E-state index < -0.39 is 0 Å². The van der Waals surface area contributed by atoms with Crippen LogP contribution < -0.4 is 10.6 Å². The lowest BCUT2D eigenvalue weighted by molar-refractivity contribution is -0.119. The molecular formula is C16H24BrIN4OS. The normalized spacial score (nSPS) is 24.0. The molecule has 24 heavy (non-hydrogen) atoms. The van der Waals surface area contributed by atoms with Crippen LogP contribution in [0.3, 0.4) is 0 Å². The molecule has 8 heteroatoms. The highest BCUT2D eigenvalue weighted by Gasteiger charge is 2.42. The van der Waals surface area contributed by atoms with Gasteiger partial charge in [-0.2, -0.15) is 0 Å². The van der Waals surface area contributed by atoms with Crippen molar-refractivity contribution in [3.8, 4) is 0 Å². The molecule has 2 aliphatic rings. The molecule has 0 bridgehead atoms. The summed E-state index contributed by atoms with van der Waals surface area (Å²) in [5.74, 6) is 1.16. The number of aliphatic imine (C=N–C) groups is 1. The average molecular weight is 527 g/mol. The molecule has 1 unspecified atom stereocenters. The fourth-order valence-corrected chi connectivity index (χ4v) is 4.85. The Morgan fingerprint density at radius 2 is 2.38 bits per heavy atom. The third-order valence-electron chi connectivity index (χ3n) is 4.51. The molecule has 1 spiro atoms. The molecule has 2 aliphatic heterocycles. The zero-order valence-corrected chi connectivity index (χ0v) is 18.5. The molecule has 1 atom stereocenters. The van der Waals surface area contributed by atoms with Crippen LogP contribution in [0.2, 0.25) is 0 Å². The molecule has 2 N–H and O–H groups in total. The number of amides is 1. The van der Waals surface area contributed by atoms with Gasteiger partial charge < -0.3 is 15.5 Å². The Labute approximate surface area is 172 Å². The Bertz CT molecular complexity index is 609. The summed E-state index contributed by atoms with van der Waals surface area (Å²) in [6, 6.07) is 4.17. The zero-order valence-electron chi connectivity index (χ0n) is 13.8. The molecule has 1 aromatic rings. The smallest absolute Gasteiger partial charge is 0.220 e. The van der Waals surface area contributed by atoms with Crippen LogP contribution in [0.25, 0.3) is 0 Å². The number of thiophene rings is 1. The molecule has 134 valence electrons. The average Bonchev–Trinajstić information content (AvgIpc) is 3.10. The van der Waals surface area contributed by atoms with Gasteiger partial charge in [0.15, 0.2) is 5.96 Å². The van der Waals surface area contributed by atoms with E-state index in [-0.39, 0.29) is 35.3 Å². The van der Waals surface area contributed by atoms with Crippen LogP contribution in [0, 0.1) is 5.41 Å². The topological polar surface area (TPSA) is 56.7 Å². The standard InChI is InChI=1S/C16H23BrN4OS.HI/c1-2-18-15(19-9-12-4-5-13(17)23-12)21-7-3-6-16(11-21)8-14(22)20-10-16;/h4-5H,2-3,6-11H2,1H3,(H,18,19)(H,20,22);1H. The van der Waals surface area contributed by atoms with Crippen molar-refractivity contribution in [2.24, 2.45) is 10.4 Å². The van der Waals surface area contributed by atoms with Crippen LogP contribution in [0.15, 0.2) is 20.9 Å². The number of piperidine rings is 1. The number of hydrogen-bond acceptors (Lipinski definition) is 3. The van der Waals surface area contributed by atoms with E-state index in [9.17, 15) is 4.79 Å². The first-order chi connectivity index (χ1) is 11.1. The Morgan fingerprint density at radius 1 is 1.54 bits per heavy atom. The van der Waals surface area contributed by atoms with E-state index in [4.69, 9.17) is 4.99 Å². The zero-order chi connectivity index (χ0) is 16.3. The molecule has 1 aromatic heterocycles. The summed E-state index contributed by atoms with van der Waals surface area (Å²) < 4.78 is 1.14. The molecule has 3 rings (SSSR count). The second-order valence-electron chi connectivity index (χ2n) is 6.35. The van der Waals surface area contributed by atoms with Crippen molar-refractivity contribution in [2.75, 3.05) is 26.2 Å². The molecule has 2 saturated heterocycles. The second-order valence-corrected chi connectivity index (χ2v) is 8.90. The lowest BCUT2D eigenvalue weighted by atomic mass is 9.79. The minimum Gasteiger partial charge on any atom is -0.357 e. The highest BCUT2D eigenvalue weighted by Crippen LogP contribution is 2.36. The van der Waals surface area contributed by atoms with Gasteiger partial charge in [0.1, 0.15) is 0 Å². The van der Waals surface area contributed by atoms with E-state index in [0.29, 0.717) is 13.0 Å². The minimum absolute atomic E-state index is 0. The van der Waals surface area contributed by atoms with E-state index in [2.05, 4.69) is 50.5 Å². The van der Waals surface area contributed by atoms with Crippen LogP contribution in [-0.2, 0) is 11.3 Å². The van der Waals surface area contributed by atoms with Crippen LogP contribution >= 0.6 is 51.2 Å². The summed E-state index contributed by atoms with van der Waals surface area (Å²) in [5, 5.41) is 6.41. The quantitative estimate of drug-likeness (QED) is 0.361. The number of nitrogens with one attached hydrogen (secondary N) is 2. The van der Waals surface area contributed by atoms with E-state index in [1.165, 1.54) is 4.88 Å². The van der Waals surface area contributed by atoms with Crippen molar-refractivity contribution in [2.45, 2.75) is 32.7 Å². The van der Waals surface area contributed by atoms with Gasteiger partial charge in [0, 0.05) is 42.9 Å². The summed E-state index contributed by atoms with van der Waals surface area (Å²) >= 11 is 5.22. The van der Waals surface area contributed by atoms with Crippen LogP contribution in [-0.4, -0.2) is 42.9 Å². The fraction of sp³-hybridized carbons (Fsp3) is 0.625.